The van der Waals surface area contributed by atoms with Crippen molar-refractivity contribution in [1.29, 1.82) is 0 Å². The minimum absolute atomic E-state index is 0.00283. The lowest BCUT2D eigenvalue weighted by atomic mass is 10.1. The molecule has 4 aromatic rings. The van der Waals surface area contributed by atoms with Crippen LogP contribution in [0.2, 0.25) is 0 Å². The molecule has 0 saturated carbocycles. The van der Waals surface area contributed by atoms with Gasteiger partial charge in [-0.2, -0.15) is 0 Å². The zero-order valence-corrected chi connectivity index (χ0v) is 20.1. The van der Waals surface area contributed by atoms with Crippen molar-refractivity contribution in [3.05, 3.63) is 102 Å². The van der Waals surface area contributed by atoms with Gasteiger partial charge in [-0.3, -0.25) is 0 Å². The van der Waals surface area contributed by atoms with Crippen LogP contribution in [-0.2, 0) is 4.84 Å². The summed E-state index contributed by atoms with van der Waals surface area (Å²) in [4.78, 5) is 25.1. The van der Waals surface area contributed by atoms with Crippen molar-refractivity contribution < 1.29 is 28.9 Å². The maximum absolute atomic E-state index is 11.7. The van der Waals surface area contributed by atoms with E-state index in [0.717, 1.165) is 12.0 Å². The van der Waals surface area contributed by atoms with Crippen LogP contribution in [0.15, 0.2) is 96.4 Å². The predicted molar refractivity (Wildman–Crippen MR) is 137 cm³/mol. The van der Waals surface area contributed by atoms with Crippen LogP contribution >= 0.6 is 0 Å². The average Bonchev–Trinajstić information content (AvgIpc) is 2.92. The highest BCUT2D eigenvalue weighted by atomic mass is 16.6. The number of para-hydroxylation sites is 1. The van der Waals surface area contributed by atoms with E-state index in [9.17, 15) is 9.90 Å². The van der Waals surface area contributed by atoms with Crippen molar-refractivity contribution in [2.45, 2.75) is 13.3 Å². The third-order valence-electron chi connectivity index (χ3n) is 4.87. The lowest BCUT2D eigenvalue weighted by Crippen LogP contribution is -2.14. The van der Waals surface area contributed by atoms with Gasteiger partial charge in [0.1, 0.15) is 41.9 Å². The zero-order chi connectivity index (χ0) is 25.9. The quantitative estimate of drug-likeness (QED) is 0.144. The smallest absolute Gasteiger partial charge is 0.335 e. The number of rotatable bonds is 12. The minimum Gasteiger partial charge on any atom is -0.487 e. The molecule has 37 heavy (non-hydrogen) atoms. The molecule has 4 rings (SSSR count). The largest absolute Gasteiger partial charge is 0.487 e. The second-order valence-electron chi connectivity index (χ2n) is 7.73. The fourth-order valence-corrected chi connectivity index (χ4v) is 3.17. The van der Waals surface area contributed by atoms with Crippen LogP contribution in [0.5, 0.6) is 29.0 Å². The van der Waals surface area contributed by atoms with Gasteiger partial charge in [-0.25, -0.2) is 14.8 Å². The number of benzene rings is 3. The molecule has 0 radical (unpaired) electrons. The average molecular weight is 500 g/mol. The molecule has 9 nitrogen and oxygen atoms in total. The molecule has 0 saturated heterocycles. The first kappa shape index (κ1) is 25.2. The predicted octanol–water partition coefficient (Wildman–Crippen LogP) is 5.97. The first-order valence-corrected chi connectivity index (χ1v) is 11.6. The Bertz CT molecular complexity index is 1350. The molecule has 188 valence electrons. The summed E-state index contributed by atoms with van der Waals surface area (Å²) in [6.45, 7) is 2.42. The van der Waals surface area contributed by atoms with Crippen LogP contribution in [0, 0.1) is 0 Å². The van der Waals surface area contributed by atoms with E-state index < -0.39 is 5.97 Å². The molecule has 0 aliphatic heterocycles. The number of hydrogen-bond donors (Lipinski definition) is 1. The highest BCUT2D eigenvalue weighted by Gasteiger charge is 2.13. The summed E-state index contributed by atoms with van der Waals surface area (Å²) in [6.07, 6.45) is 3.84. The molecular formula is C28H25N3O6. The van der Waals surface area contributed by atoms with E-state index >= 15 is 0 Å². The van der Waals surface area contributed by atoms with Crippen LogP contribution in [-0.4, -0.2) is 40.0 Å². The standard InChI is InChI=1S/C28H25N3O6/c1-2-14-35-31-26(20-8-6-11-23(15-20)36-22-9-4-3-5-10-22)19-34-24-16-21(27(32)33)17-25(18-24)37-28-29-12-7-13-30-28/h3-13,15-18H,2,14,19H2,1H3,(H,32,33). The molecule has 1 N–H and O–H groups in total. The minimum atomic E-state index is -1.13. The molecular weight excluding hydrogens is 474 g/mol. The molecule has 0 aliphatic rings. The summed E-state index contributed by atoms with van der Waals surface area (Å²) in [5, 5.41) is 13.8. The van der Waals surface area contributed by atoms with Gasteiger partial charge in [0.25, 0.3) is 0 Å². The van der Waals surface area contributed by atoms with Gasteiger partial charge in [0.05, 0.1) is 5.56 Å². The van der Waals surface area contributed by atoms with Gasteiger partial charge in [0.15, 0.2) is 0 Å². The highest BCUT2D eigenvalue weighted by Crippen LogP contribution is 2.27. The summed E-state index contributed by atoms with van der Waals surface area (Å²) >= 11 is 0. The van der Waals surface area contributed by atoms with Crippen molar-refractivity contribution in [3.8, 4) is 29.0 Å². The molecule has 1 aromatic heterocycles. The van der Waals surface area contributed by atoms with Crippen LogP contribution in [0.25, 0.3) is 0 Å². The zero-order valence-electron chi connectivity index (χ0n) is 20.1. The second kappa shape index (κ2) is 12.7. The van der Waals surface area contributed by atoms with Crippen LogP contribution in [0.1, 0.15) is 29.3 Å². The Labute approximate surface area is 213 Å². The first-order chi connectivity index (χ1) is 18.1. The number of nitrogens with zero attached hydrogens (tertiary/aromatic N) is 3. The molecule has 0 aliphatic carbocycles. The van der Waals surface area contributed by atoms with Crippen molar-refractivity contribution in [2.75, 3.05) is 13.2 Å². The van der Waals surface area contributed by atoms with Gasteiger partial charge < -0.3 is 24.2 Å². The van der Waals surface area contributed by atoms with Gasteiger partial charge in [0.2, 0.25) is 0 Å². The maximum Gasteiger partial charge on any atom is 0.335 e. The Hall–Kier alpha value is -4.92. The van der Waals surface area contributed by atoms with Gasteiger partial charge in [-0.1, -0.05) is 42.4 Å². The van der Waals surface area contributed by atoms with E-state index in [1.54, 1.807) is 12.1 Å². The van der Waals surface area contributed by atoms with E-state index in [1.807, 2.05) is 61.5 Å². The number of oxime groups is 1. The number of hydrogen-bond acceptors (Lipinski definition) is 8. The van der Waals surface area contributed by atoms with Gasteiger partial charge >= 0.3 is 12.0 Å². The second-order valence-corrected chi connectivity index (χ2v) is 7.73. The number of carbonyl (C=O) groups is 1. The van der Waals surface area contributed by atoms with E-state index in [-0.39, 0.29) is 29.7 Å². The lowest BCUT2D eigenvalue weighted by molar-refractivity contribution is 0.0696. The summed E-state index contributed by atoms with van der Waals surface area (Å²) in [6, 6.07) is 22.9. The summed E-state index contributed by atoms with van der Waals surface area (Å²) in [5.41, 5.74) is 1.22. The molecule has 0 spiro atoms. The molecule has 0 unspecified atom stereocenters. The summed E-state index contributed by atoms with van der Waals surface area (Å²) in [7, 11) is 0. The molecule has 1 heterocycles. The number of aromatic carboxylic acids is 1. The normalized spacial score (nSPS) is 11.0. The van der Waals surface area contributed by atoms with E-state index in [0.29, 0.717) is 23.8 Å². The van der Waals surface area contributed by atoms with Crippen molar-refractivity contribution >= 4 is 11.7 Å². The Morgan fingerprint density at radius 1 is 0.811 bits per heavy atom. The van der Waals surface area contributed by atoms with Crippen molar-refractivity contribution in [1.82, 2.24) is 9.97 Å². The Kier molecular flexibility index (Phi) is 8.63. The molecule has 3 aromatic carbocycles. The van der Waals surface area contributed by atoms with Gasteiger partial charge in [-0.05, 0) is 48.9 Å². The third-order valence-corrected chi connectivity index (χ3v) is 4.87. The first-order valence-electron chi connectivity index (χ1n) is 11.6. The van der Waals surface area contributed by atoms with Crippen LogP contribution in [0.4, 0.5) is 0 Å². The number of carboxylic acids is 1. The monoisotopic (exact) mass is 499 g/mol. The number of ether oxygens (including phenoxy) is 3. The Morgan fingerprint density at radius 3 is 2.30 bits per heavy atom. The molecule has 0 fully saturated rings. The molecule has 0 atom stereocenters. The summed E-state index contributed by atoms with van der Waals surface area (Å²) in [5.74, 6) is 0.691. The molecule has 9 heteroatoms. The van der Waals surface area contributed by atoms with Crippen LogP contribution in [0.3, 0.4) is 0 Å². The summed E-state index contributed by atoms with van der Waals surface area (Å²) < 4.78 is 17.5. The highest BCUT2D eigenvalue weighted by molar-refractivity contribution is 6.01. The Balaban J connectivity index is 1.55. The Morgan fingerprint density at radius 2 is 1.54 bits per heavy atom. The maximum atomic E-state index is 11.7. The van der Waals surface area contributed by atoms with Crippen molar-refractivity contribution in [2.24, 2.45) is 5.16 Å². The number of carboxylic acid groups (broad SMARTS) is 1. The van der Waals surface area contributed by atoms with E-state index in [4.69, 9.17) is 19.0 Å². The topological polar surface area (TPSA) is 112 Å². The van der Waals surface area contributed by atoms with E-state index in [2.05, 4.69) is 15.1 Å². The third kappa shape index (κ3) is 7.53. The van der Waals surface area contributed by atoms with Crippen LogP contribution < -0.4 is 14.2 Å². The van der Waals surface area contributed by atoms with Gasteiger partial charge in [0, 0.05) is 24.0 Å². The fraction of sp³-hybridized carbons (Fsp3) is 0.143. The van der Waals surface area contributed by atoms with Gasteiger partial charge in [-0.15, -0.1) is 0 Å². The fourth-order valence-electron chi connectivity index (χ4n) is 3.17. The van der Waals surface area contributed by atoms with Crippen molar-refractivity contribution in [3.63, 3.8) is 0 Å². The lowest BCUT2D eigenvalue weighted by Gasteiger charge is -2.13. The molecule has 0 amide bonds. The number of aromatic nitrogens is 2. The molecule has 0 bridgehead atoms. The SMILES string of the molecule is CCCON=C(COc1cc(Oc2ncccn2)cc(C(=O)O)c1)c1cccc(Oc2ccccc2)c1. The van der Waals surface area contributed by atoms with E-state index in [1.165, 1.54) is 24.5 Å².